The quantitative estimate of drug-likeness (QED) is 0.152. The van der Waals surface area contributed by atoms with E-state index < -0.39 is 25.0 Å². The van der Waals surface area contributed by atoms with E-state index in [-0.39, 0.29) is 6.10 Å². The van der Waals surface area contributed by atoms with Crippen LogP contribution in [0.2, 0.25) is 55.4 Å². The summed E-state index contributed by atoms with van der Waals surface area (Å²) in [6.07, 6.45) is 1.15. The Morgan fingerprint density at radius 1 is 0.655 bits per heavy atom. The van der Waals surface area contributed by atoms with Crippen LogP contribution in [0.4, 0.5) is 0 Å². The van der Waals surface area contributed by atoms with Gasteiger partial charge in [-0.1, -0.05) is 41.5 Å². The molecule has 0 rings (SSSR count). The smallest absolute Gasteiger partial charge is 0.192 e. The fraction of sp³-hybridized carbons (Fsp3) is 1.00. The Labute approximate surface area is 185 Å². The van der Waals surface area contributed by atoms with Crippen LogP contribution < -0.4 is 0 Å². The van der Waals surface area contributed by atoms with Crippen molar-refractivity contribution in [2.24, 2.45) is 0 Å². The van der Waals surface area contributed by atoms with Gasteiger partial charge in [0.25, 0.3) is 0 Å². The molecule has 0 saturated carbocycles. The lowest BCUT2D eigenvalue weighted by molar-refractivity contribution is 0.0174. The minimum atomic E-state index is -1.67. The average molecular weight is 465 g/mol. The van der Waals surface area contributed by atoms with E-state index in [1.165, 1.54) is 36.3 Å². The van der Waals surface area contributed by atoms with Crippen LogP contribution in [0.15, 0.2) is 0 Å². The molecule has 29 heavy (non-hydrogen) atoms. The van der Waals surface area contributed by atoms with Crippen molar-refractivity contribution in [3.8, 4) is 0 Å². The molecule has 0 amide bonds. The van der Waals surface area contributed by atoms with Crippen LogP contribution in [0, 0.1) is 0 Å². The highest BCUT2D eigenvalue weighted by Crippen LogP contribution is 2.26. The first-order chi connectivity index (χ1) is 13.7. The summed E-state index contributed by atoms with van der Waals surface area (Å²) in [5.41, 5.74) is 0. The maximum atomic E-state index is 6.80. The van der Waals surface area contributed by atoms with Gasteiger partial charge in [-0.2, -0.15) is 0 Å². The summed E-state index contributed by atoms with van der Waals surface area (Å²) >= 11 is 0. The summed E-state index contributed by atoms with van der Waals surface area (Å²) < 4.78 is 25.4. The Bertz CT molecular complexity index is 383. The monoisotopic (exact) mass is 464 g/mol. The molecule has 176 valence electrons. The van der Waals surface area contributed by atoms with Crippen molar-refractivity contribution in [1.29, 1.82) is 0 Å². The molecule has 0 saturated heterocycles. The van der Waals surface area contributed by atoms with E-state index in [1.807, 2.05) is 0 Å². The summed E-state index contributed by atoms with van der Waals surface area (Å²) in [4.78, 5) is 0. The Hall–Kier alpha value is 0.491. The predicted molar refractivity (Wildman–Crippen MR) is 135 cm³/mol. The van der Waals surface area contributed by atoms with Gasteiger partial charge in [0, 0.05) is 13.2 Å². The molecule has 0 aromatic heterocycles. The third kappa shape index (κ3) is 11.1. The molecule has 0 aromatic carbocycles. The Kier molecular flexibility index (Phi) is 15.6. The first-order valence-electron chi connectivity index (χ1n) is 12.2. The molecule has 0 aliphatic heterocycles. The Morgan fingerprint density at radius 2 is 1.17 bits per heavy atom. The van der Waals surface area contributed by atoms with Crippen molar-refractivity contribution in [3.05, 3.63) is 0 Å². The highest BCUT2D eigenvalue weighted by molar-refractivity contribution is 6.74. The summed E-state index contributed by atoms with van der Waals surface area (Å²) in [5, 5.41) is 0. The van der Waals surface area contributed by atoms with E-state index in [9.17, 15) is 0 Å². The molecule has 0 aromatic rings. The van der Waals surface area contributed by atoms with Crippen molar-refractivity contribution in [2.75, 3.05) is 26.4 Å². The van der Waals surface area contributed by atoms with Crippen molar-refractivity contribution in [3.63, 3.8) is 0 Å². The van der Waals surface area contributed by atoms with Gasteiger partial charge in [-0.3, -0.25) is 0 Å². The van der Waals surface area contributed by atoms with Gasteiger partial charge in [0.2, 0.25) is 0 Å². The fourth-order valence-electron chi connectivity index (χ4n) is 4.07. The number of rotatable bonds is 19. The summed E-state index contributed by atoms with van der Waals surface area (Å²) in [5.74, 6) is 0. The highest BCUT2D eigenvalue weighted by atomic mass is 28.4. The van der Waals surface area contributed by atoms with E-state index in [4.69, 9.17) is 18.0 Å². The second-order valence-electron chi connectivity index (χ2n) is 8.91. The van der Waals surface area contributed by atoms with Gasteiger partial charge in [-0.05, 0) is 68.7 Å². The molecule has 0 aliphatic carbocycles. The molecule has 0 fully saturated rings. The van der Waals surface area contributed by atoms with Gasteiger partial charge < -0.3 is 18.0 Å². The molecule has 0 N–H and O–H groups in total. The maximum Gasteiger partial charge on any atom is 0.192 e. The van der Waals surface area contributed by atoms with E-state index in [0.717, 1.165) is 25.7 Å². The minimum absolute atomic E-state index is 0.0789. The van der Waals surface area contributed by atoms with Crippen molar-refractivity contribution >= 4 is 25.0 Å². The lowest BCUT2D eigenvalue weighted by Crippen LogP contribution is -2.46. The van der Waals surface area contributed by atoms with E-state index >= 15 is 0 Å². The standard InChI is InChI=1S/C22H52O4Si3/c1-10-24-27(8,9)19-17-18-23-20-22(26-29(14-5,15-6)16-7)21-25-28(11-2,12-3)13-4/h22H,10-21H2,1-9H3. The van der Waals surface area contributed by atoms with E-state index in [0.29, 0.717) is 13.2 Å². The third-order valence-corrected chi connectivity index (χ3v) is 18.7. The van der Waals surface area contributed by atoms with E-state index in [1.54, 1.807) is 0 Å². The number of hydrogen-bond donors (Lipinski definition) is 0. The number of hydrogen-bond acceptors (Lipinski definition) is 4. The zero-order chi connectivity index (χ0) is 22.4. The second kappa shape index (κ2) is 15.3. The molecule has 1 atom stereocenters. The van der Waals surface area contributed by atoms with E-state index in [2.05, 4.69) is 61.6 Å². The molecule has 0 heterocycles. The lowest BCUT2D eigenvalue weighted by atomic mass is 10.4. The Morgan fingerprint density at radius 3 is 1.62 bits per heavy atom. The fourth-order valence-corrected chi connectivity index (χ4v) is 11.5. The molecular formula is C22H52O4Si3. The predicted octanol–water partition coefficient (Wildman–Crippen LogP) is 7.05. The minimum Gasteiger partial charge on any atom is -0.418 e. The molecule has 7 heteroatoms. The molecule has 1 unspecified atom stereocenters. The molecule has 0 aliphatic rings. The topological polar surface area (TPSA) is 36.9 Å². The summed E-state index contributed by atoms with van der Waals surface area (Å²) in [7, 11) is -4.79. The highest BCUT2D eigenvalue weighted by Gasteiger charge is 2.35. The molecule has 0 spiro atoms. The lowest BCUT2D eigenvalue weighted by Gasteiger charge is -2.36. The van der Waals surface area contributed by atoms with Crippen LogP contribution in [0.1, 0.15) is 54.9 Å². The van der Waals surface area contributed by atoms with Crippen molar-refractivity contribution < 1.29 is 18.0 Å². The molecule has 0 bridgehead atoms. The molecule has 0 radical (unpaired) electrons. The summed E-state index contributed by atoms with van der Waals surface area (Å²) in [6.45, 7) is 23.4. The van der Waals surface area contributed by atoms with Gasteiger partial charge in [-0.15, -0.1) is 0 Å². The van der Waals surface area contributed by atoms with Crippen LogP contribution in [0.5, 0.6) is 0 Å². The largest absolute Gasteiger partial charge is 0.418 e. The zero-order valence-corrected chi connectivity index (χ0v) is 24.2. The maximum absolute atomic E-state index is 6.80. The Balaban J connectivity index is 4.83. The SMILES string of the molecule is CCO[Si](C)(C)CCCOCC(CO[Si](CC)(CC)CC)O[Si](CC)(CC)CC. The zero-order valence-electron chi connectivity index (χ0n) is 21.2. The first kappa shape index (κ1) is 29.5. The first-order valence-corrected chi connectivity index (χ1v) is 20.4. The van der Waals surface area contributed by atoms with Gasteiger partial charge in [-0.25, -0.2) is 0 Å². The van der Waals surface area contributed by atoms with Gasteiger partial charge in [0.05, 0.1) is 19.3 Å². The van der Waals surface area contributed by atoms with Crippen LogP contribution in [0.3, 0.4) is 0 Å². The van der Waals surface area contributed by atoms with Crippen LogP contribution in [0.25, 0.3) is 0 Å². The summed E-state index contributed by atoms with van der Waals surface area (Å²) in [6, 6.07) is 8.21. The second-order valence-corrected chi connectivity index (χ2v) is 22.7. The molecule has 4 nitrogen and oxygen atoms in total. The van der Waals surface area contributed by atoms with Gasteiger partial charge >= 0.3 is 0 Å². The van der Waals surface area contributed by atoms with Gasteiger partial charge in [0.1, 0.15) is 0 Å². The third-order valence-electron chi connectivity index (χ3n) is 6.76. The van der Waals surface area contributed by atoms with Crippen LogP contribution in [-0.2, 0) is 18.0 Å². The number of ether oxygens (including phenoxy) is 1. The van der Waals surface area contributed by atoms with Crippen molar-refractivity contribution in [1.82, 2.24) is 0 Å². The van der Waals surface area contributed by atoms with Crippen LogP contribution in [-0.4, -0.2) is 57.5 Å². The van der Waals surface area contributed by atoms with Gasteiger partial charge in [0.15, 0.2) is 25.0 Å². The molecular weight excluding hydrogens is 412 g/mol. The average Bonchev–Trinajstić information content (AvgIpc) is 2.72. The van der Waals surface area contributed by atoms with Crippen molar-refractivity contribution in [2.45, 2.75) is 116 Å². The normalized spacial score (nSPS) is 14.4. The van der Waals surface area contributed by atoms with Crippen LogP contribution >= 0.6 is 0 Å².